The number of nitrogens with two attached hydrogens (primary N) is 1. The van der Waals surface area contributed by atoms with E-state index < -0.39 is 17.9 Å². The monoisotopic (exact) mass is 379 g/mol. The lowest BCUT2D eigenvalue weighted by Crippen LogP contribution is -2.39. The van der Waals surface area contributed by atoms with E-state index >= 15 is 0 Å². The first-order valence-electron chi connectivity index (χ1n) is 8.76. The lowest BCUT2D eigenvalue weighted by molar-refractivity contribution is -0.119. The van der Waals surface area contributed by atoms with Gasteiger partial charge in [0, 0.05) is 24.7 Å². The van der Waals surface area contributed by atoms with Crippen molar-refractivity contribution in [3.63, 3.8) is 0 Å². The maximum atomic E-state index is 12.6. The van der Waals surface area contributed by atoms with Gasteiger partial charge in [0.2, 0.25) is 11.8 Å². The molecule has 3 amide bonds. The molecule has 0 bridgehead atoms. The minimum Gasteiger partial charge on any atom is -0.368 e. The predicted molar refractivity (Wildman–Crippen MR) is 108 cm³/mol. The summed E-state index contributed by atoms with van der Waals surface area (Å²) in [6.45, 7) is 3.26. The summed E-state index contributed by atoms with van der Waals surface area (Å²) in [4.78, 5) is 35.7. The molecular formula is C20H21N5O3. The number of nitrogens with one attached hydrogen (secondary N) is 2. The van der Waals surface area contributed by atoms with Gasteiger partial charge in [-0.15, -0.1) is 0 Å². The van der Waals surface area contributed by atoms with Crippen LogP contribution in [-0.4, -0.2) is 29.5 Å². The normalized spacial score (nSPS) is 15.7. The van der Waals surface area contributed by atoms with Crippen LogP contribution in [-0.2, 0) is 14.4 Å². The minimum atomic E-state index is -0.716. The second kappa shape index (κ2) is 7.91. The number of benzene rings is 2. The summed E-state index contributed by atoms with van der Waals surface area (Å²) in [5, 5.41) is 11.3. The molecule has 0 radical (unpaired) electrons. The highest BCUT2D eigenvalue weighted by Crippen LogP contribution is 2.25. The molecule has 0 aliphatic carbocycles. The molecule has 0 saturated carbocycles. The standard InChI is InChI=1S/C20H21N5O3/c1-12-10-14(8-9-16(12)22-13(2)26)23-20(28)17-11-18(19(21)27)25(24-17)15-6-4-3-5-7-15/h3-10,18H,11H2,1-2H3,(H2,21,27)(H,22,26)(H,23,28). The number of para-hydroxylation sites is 1. The van der Waals surface area contributed by atoms with Crippen LogP contribution in [0.1, 0.15) is 18.9 Å². The van der Waals surface area contributed by atoms with E-state index in [0.717, 1.165) is 5.56 Å². The molecule has 1 unspecified atom stereocenters. The van der Waals surface area contributed by atoms with Crippen LogP contribution in [0, 0.1) is 6.92 Å². The van der Waals surface area contributed by atoms with Crippen LogP contribution < -0.4 is 21.4 Å². The van der Waals surface area contributed by atoms with E-state index in [9.17, 15) is 14.4 Å². The Morgan fingerprint density at radius 2 is 1.82 bits per heavy atom. The predicted octanol–water partition coefficient (Wildman–Crippen LogP) is 2.01. The van der Waals surface area contributed by atoms with Crippen molar-refractivity contribution in [2.75, 3.05) is 15.6 Å². The van der Waals surface area contributed by atoms with Crippen molar-refractivity contribution in [3.8, 4) is 0 Å². The lowest BCUT2D eigenvalue weighted by Gasteiger charge is -2.20. The Kier molecular flexibility index (Phi) is 5.39. The van der Waals surface area contributed by atoms with Crippen LogP contribution in [0.15, 0.2) is 53.6 Å². The number of aryl methyl sites for hydroxylation is 1. The Morgan fingerprint density at radius 1 is 1.11 bits per heavy atom. The van der Waals surface area contributed by atoms with E-state index in [1.807, 2.05) is 25.1 Å². The first-order valence-corrected chi connectivity index (χ1v) is 8.76. The third kappa shape index (κ3) is 4.17. The van der Waals surface area contributed by atoms with Gasteiger partial charge in [0.05, 0.1) is 5.69 Å². The van der Waals surface area contributed by atoms with Crippen molar-refractivity contribution in [2.24, 2.45) is 10.8 Å². The summed E-state index contributed by atoms with van der Waals surface area (Å²) in [5.74, 6) is -1.12. The Morgan fingerprint density at radius 3 is 2.43 bits per heavy atom. The lowest BCUT2D eigenvalue weighted by atomic mass is 10.1. The third-order valence-corrected chi connectivity index (χ3v) is 4.32. The fraction of sp³-hybridized carbons (Fsp3) is 0.200. The van der Waals surface area contributed by atoms with Crippen LogP contribution in [0.4, 0.5) is 17.1 Å². The van der Waals surface area contributed by atoms with E-state index in [4.69, 9.17) is 5.73 Å². The van der Waals surface area contributed by atoms with Gasteiger partial charge in [-0.25, -0.2) is 0 Å². The Balaban J connectivity index is 1.78. The number of hydrazone groups is 1. The number of amides is 3. The van der Waals surface area contributed by atoms with Crippen molar-refractivity contribution in [2.45, 2.75) is 26.3 Å². The van der Waals surface area contributed by atoms with Crippen LogP contribution >= 0.6 is 0 Å². The molecule has 0 fully saturated rings. The highest BCUT2D eigenvalue weighted by molar-refractivity contribution is 6.44. The zero-order chi connectivity index (χ0) is 20.3. The second-order valence-corrected chi connectivity index (χ2v) is 6.51. The summed E-state index contributed by atoms with van der Waals surface area (Å²) in [6, 6.07) is 13.5. The molecule has 1 aliphatic heterocycles. The fourth-order valence-electron chi connectivity index (χ4n) is 2.96. The smallest absolute Gasteiger partial charge is 0.271 e. The van der Waals surface area contributed by atoms with Gasteiger partial charge in [0.15, 0.2) is 0 Å². The zero-order valence-electron chi connectivity index (χ0n) is 15.6. The van der Waals surface area contributed by atoms with Crippen molar-refractivity contribution < 1.29 is 14.4 Å². The van der Waals surface area contributed by atoms with Crippen LogP contribution in [0.5, 0.6) is 0 Å². The molecule has 8 nitrogen and oxygen atoms in total. The van der Waals surface area contributed by atoms with Gasteiger partial charge in [-0.05, 0) is 42.8 Å². The van der Waals surface area contributed by atoms with Crippen molar-refractivity contribution >= 4 is 40.5 Å². The average molecular weight is 379 g/mol. The molecule has 2 aromatic carbocycles. The quantitative estimate of drug-likeness (QED) is 0.737. The van der Waals surface area contributed by atoms with Crippen LogP contribution in [0.25, 0.3) is 0 Å². The molecule has 8 heteroatoms. The fourth-order valence-corrected chi connectivity index (χ4v) is 2.96. The van der Waals surface area contributed by atoms with E-state index in [0.29, 0.717) is 17.1 Å². The average Bonchev–Trinajstić information content (AvgIpc) is 3.10. The molecule has 1 heterocycles. The molecule has 144 valence electrons. The molecule has 2 aromatic rings. The first-order chi connectivity index (χ1) is 13.3. The van der Waals surface area contributed by atoms with Crippen molar-refractivity contribution in [1.82, 2.24) is 0 Å². The first kappa shape index (κ1) is 19.1. The van der Waals surface area contributed by atoms with E-state index in [1.54, 1.807) is 30.3 Å². The second-order valence-electron chi connectivity index (χ2n) is 6.51. The molecule has 0 spiro atoms. The van der Waals surface area contributed by atoms with Gasteiger partial charge in [-0.3, -0.25) is 19.4 Å². The number of rotatable bonds is 5. The van der Waals surface area contributed by atoms with Crippen LogP contribution in [0.3, 0.4) is 0 Å². The molecule has 3 rings (SSSR count). The van der Waals surface area contributed by atoms with Gasteiger partial charge >= 0.3 is 0 Å². The van der Waals surface area contributed by atoms with Gasteiger partial charge in [0.25, 0.3) is 5.91 Å². The van der Waals surface area contributed by atoms with Gasteiger partial charge in [0.1, 0.15) is 11.8 Å². The maximum absolute atomic E-state index is 12.6. The maximum Gasteiger partial charge on any atom is 0.271 e. The number of nitrogens with zero attached hydrogens (tertiary/aromatic N) is 2. The number of hydrogen-bond acceptors (Lipinski definition) is 5. The largest absolute Gasteiger partial charge is 0.368 e. The number of primary amides is 1. The van der Waals surface area contributed by atoms with E-state index in [2.05, 4.69) is 15.7 Å². The highest BCUT2D eigenvalue weighted by atomic mass is 16.2. The molecule has 4 N–H and O–H groups in total. The van der Waals surface area contributed by atoms with Crippen LogP contribution in [0.2, 0.25) is 0 Å². The van der Waals surface area contributed by atoms with E-state index in [1.165, 1.54) is 11.9 Å². The van der Waals surface area contributed by atoms with Crippen molar-refractivity contribution in [3.05, 3.63) is 54.1 Å². The molecule has 1 atom stereocenters. The minimum absolute atomic E-state index is 0.124. The Hall–Kier alpha value is -3.68. The summed E-state index contributed by atoms with van der Waals surface area (Å²) in [5.41, 5.74) is 8.44. The van der Waals surface area contributed by atoms with Crippen molar-refractivity contribution in [1.29, 1.82) is 0 Å². The molecule has 28 heavy (non-hydrogen) atoms. The molecule has 0 saturated heterocycles. The molecular weight excluding hydrogens is 358 g/mol. The number of carbonyl (C=O) groups excluding carboxylic acids is 3. The Bertz CT molecular complexity index is 956. The molecule has 1 aliphatic rings. The van der Waals surface area contributed by atoms with Gasteiger partial charge in [-0.1, -0.05) is 18.2 Å². The summed E-state index contributed by atoms with van der Waals surface area (Å²) in [7, 11) is 0. The summed E-state index contributed by atoms with van der Waals surface area (Å²) >= 11 is 0. The number of hydrogen-bond donors (Lipinski definition) is 3. The highest BCUT2D eigenvalue weighted by Gasteiger charge is 2.34. The van der Waals surface area contributed by atoms with E-state index in [-0.39, 0.29) is 18.0 Å². The van der Waals surface area contributed by atoms with Gasteiger partial charge < -0.3 is 16.4 Å². The number of anilines is 3. The molecule has 0 aromatic heterocycles. The summed E-state index contributed by atoms with van der Waals surface area (Å²) < 4.78 is 0. The third-order valence-electron chi connectivity index (χ3n) is 4.32. The summed E-state index contributed by atoms with van der Waals surface area (Å²) in [6.07, 6.45) is 0.124. The topological polar surface area (TPSA) is 117 Å². The number of carbonyl (C=O) groups is 3. The SMILES string of the molecule is CC(=O)Nc1ccc(NC(=O)C2=NN(c3ccccc3)C(C(N)=O)C2)cc1C. The Labute approximate surface area is 162 Å². The van der Waals surface area contributed by atoms with Gasteiger partial charge in [-0.2, -0.15) is 5.10 Å². The zero-order valence-corrected chi connectivity index (χ0v) is 15.6.